The van der Waals surface area contributed by atoms with E-state index in [0.717, 1.165) is 31.9 Å². The first-order valence-electron chi connectivity index (χ1n) is 12.3. The third kappa shape index (κ3) is 5.85. The Morgan fingerprint density at radius 1 is 1.26 bits per heavy atom. The third-order valence-electron chi connectivity index (χ3n) is 8.25. The number of halogens is 2. The summed E-state index contributed by atoms with van der Waals surface area (Å²) in [6.07, 6.45) is 3.53. The topological polar surface area (TPSA) is 76.7 Å². The molecule has 1 aliphatic carbocycles. The van der Waals surface area contributed by atoms with Gasteiger partial charge in [0.05, 0.1) is 25.6 Å². The van der Waals surface area contributed by atoms with E-state index in [1.165, 1.54) is 12.3 Å². The van der Waals surface area contributed by atoms with Crippen molar-refractivity contribution in [2.75, 3.05) is 26.0 Å². The molecule has 2 fully saturated rings. The van der Waals surface area contributed by atoms with Crippen molar-refractivity contribution in [3.8, 4) is 5.75 Å². The van der Waals surface area contributed by atoms with Crippen molar-refractivity contribution < 1.29 is 26.7 Å². The van der Waals surface area contributed by atoms with Gasteiger partial charge in [-0.15, -0.1) is 0 Å². The van der Waals surface area contributed by atoms with E-state index in [-0.39, 0.29) is 41.4 Å². The number of hydrogen-bond acceptors (Lipinski definition) is 5. The number of ether oxygens (including phenoxy) is 2. The molecule has 1 saturated carbocycles. The average molecular weight is 494 g/mol. The molecule has 2 aliphatic rings. The second kappa shape index (κ2) is 10.9. The fraction of sp³-hybridized carbons (Fsp3) is 0.714. The molecule has 186 valence electrons. The molecule has 1 aromatic rings. The van der Waals surface area contributed by atoms with Gasteiger partial charge in [-0.1, -0.05) is 11.6 Å². The predicted octanol–water partition coefficient (Wildman–Crippen LogP) is -1.08. The van der Waals surface area contributed by atoms with Crippen LogP contribution in [-0.4, -0.2) is 84.0 Å². The minimum absolute atomic E-state index is 0.0466. The number of nitrogens with one attached hydrogen (secondary N) is 2. The Kier molecular flexibility index (Phi) is 8.86. The van der Waals surface area contributed by atoms with Crippen LogP contribution in [0, 0.1) is 11.6 Å². The van der Waals surface area contributed by atoms with Crippen molar-refractivity contribution in [2.24, 2.45) is 0 Å². The Hall–Kier alpha value is -1.03. The van der Waals surface area contributed by atoms with Crippen LogP contribution in [0.4, 0.5) is 8.78 Å². The molecule has 0 spiro atoms. The van der Waals surface area contributed by atoms with E-state index < -0.39 is 27.0 Å². The number of rotatable bonds is 8. The minimum Gasteiger partial charge on any atom is -0.491 e. The molecule has 1 heterocycles. The Morgan fingerprint density at radius 3 is 2.62 bits per heavy atom. The van der Waals surface area contributed by atoms with Gasteiger partial charge >= 0.3 is 0 Å². The standard InChI is InChI=1S/C21H36B4F2N2O4S/c1-3-32-19-12(7-11(26)8-13(19)27)21(25)17(22)9-16(18(23)20(21)24)33-10-15-14(5-4-6-28-15)29-34(2,30)31/h7-8,14-18,20,28-29H,3-6,9-10,22-25H2,1-2H3/t14-,15-,16-,17-,18+,20+,21-/m0/s1. The highest BCUT2D eigenvalue weighted by atomic mass is 32.2. The molecule has 0 aromatic heterocycles. The van der Waals surface area contributed by atoms with Gasteiger partial charge in [-0.05, 0) is 55.5 Å². The van der Waals surface area contributed by atoms with Gasteiger partial charge in [0.15, 0.2) is 11.6 Å². The van der Waals surface area contributed by atoms with Crippen LogP contribution in [0.2, 0.25) is 17.5 Å². The molecule has 1 aromatic carbocycles. The molecule has 0 radical (unpaired) electrons. The van der Waals surface area contributed by atoms with E-state index in [0.29, 0.717) is 18.8 Å². The van der Waals surface area contributed by atoms with Crippen molar-refractivity contribution >= 4 is 41.4 Å². The largest absolute Gasteiger partial charge is 0.491 e. The van der Waals surface area contributed by atoms with Crippen molar-refractivity contribution in [3.05, 3.63) is 29.3 Å². The lowest BCUT2D eigenvalue weighted by Gasteiger charge is -2.53. The summed E-state index contributed by atoms with van der Waals surface area (Å²) in [4.78, 5) is 0. The summed E-state index contributed by atoms with van der Waals surface area (Å²) in [5.41, 5.74) is 0.573. The fourth-order valence-electron chi connectivity index (χ4n) is 5.88. The highest BCUT2D eigenvalue weighted by Crippen LogP contribution is 2.56. The number of hydrogen-bond donors (Lipinski definition) is 2. The predicted molar refractivity (Wildman–Crippen MR) is 142 cm³/mol. The van der Waals surface area contributed by atoms with Crippen molar-refractivity contribution in [1.29, 1.82) is 0 Å². The van der Waals surface area contributed by atoms with Crippen LogP contribution in [0.25, 0.3) is 0 Å². The van der Waals surface area contributed by atoms with Crippen LogP contribution < -0.4 is 14.8 Å². The molecule has 2 N–H and O–H groups in total. The second-order valence-electron chi connectivity index (χ2n) is 10.3. The van der Waals surface area contributed by atoms with E-state index in [9.17, 15) is 17.2 Å². The summed E-state index contributed by atoms with van der Waals surface area (Å²) in [5.74, 6) is -0.879. The minimum atomic E-state index is -3.31. The van der Waals surface area contributed by atoms with Gasteiger partial charge in [0.2, 0.25) is 10.0 Å². The Bertz CT molecular complexity index is 976. The fourth-order valence-corrected chi connectivity index (χ4v) is 6.71. The summed E-state index contributed by atoms with van der Waals surface area (Å²) in [6, 6.07) is 1.99. The van der Waals surface area contributed by atoms with E-state index in [4.69, 9.17) is 9.47 Å². The summed E-state index contributed by atoms with van der Waals surface area (Å²) in [7, 11) is 5.10. The Morgan fingerprint density at radius 2 is 1.97 bits per heavy atom. The first-order chi connectivity index (χ1) is 15.9. The van der Waals surface area contributed by atoms with Crippen molar-refractivity contribution in [2.45, 2.75) is 67.1 Å². The van der Waals surface area contributed by atoms with Crippen LogP contribution in [0.3, 0.4) is 0 Å². The summed E-state index contributed by atoms with van der Waals surface area (Å²) < 4.78 is 67.3. The van der Waals surface area contributed by atoms with Crippen LogP contribution in [-0.2, 0) is 20.1 Å². The molecule has 34 heavy (non-hydrogen) atoms. The molecule has 13 heteroatoms. The van der Waals surface area contributed by atoms with Gasteiger partial charge < -0.3 is 14.8 Å². The van der Waals surface area contributed by atoms with Crippen LogP contribution in [0.5, 0.6) is 5.75 Å². The highest BCUT2D eigenvalue weighted by molar-refractivity contribution is 7.88. The molecule has 7 atom stereocenters. The third-order valence-corrected chi connectivity index (χ3v) is 8.98. The molecule has 0 unspecified atom stereocenters. The molecule has 0 bridgehead atoms. The van der Waals surface area contributed by atoms with E-state index in [1.807, 2.05) is 0 Å². The lowest BCUT2D eigenvalue weighted by Crippen LogP contribution is -2.56. The lowest BCUT2D eigenvalue weighted by molar-refractivity contribution is 0.00348. The molecular formula is C21H36B4F2N2O4S. The zero-order valence-corrected chi connectivity index (χ0v) is 22.0. The number of sulfonamides is 1. The van der Waals surface area contributed by atoms with Gasteiger partial charge in [0, 0.05) is 18.2 Å². The average Bonchev–Trinajstić information content (AvgIpc) is 2.75. The Balaban J connectivity index is 1.79. The summed E-state index contributed by atoms with van der Waals surface area (Å²) in [6.45, 7) is 3.32. The molecule has 1 aliphatic heterocycles. The number of benzene rings is 1. The van der Waals surface area contributed by atoms with E-state index >= 15 is 0 Å². The lowest BCUT2D eigenvalue weighted by atomic mass is 9.34. The van der Waals surface area contributed by atoms with Gasteiger partial charge in [-0.3, -0.25) is 0 Å². The Labute approximate surface area is 206 Å². The first-order valence-corrected chi connectivity index (χ1v) is 14.2. The second-order valence-corrected chi connectivity index (χ2v) is 12.1. The van der Waals surface area contributed by atoms with Gasteiger partial charge in [-0.2, -0.15) is 0 Å². The van der Waals surface area contributed by atoms with Crippen LogP contribution in [0.1, 0.15) is 31.7 Å². The van der Waals surface area contributed by atoms with Crippen LogP contribution >= 0.6 is 0 Å². The molecular weight excluding hydrogens is 458 g/mol. The molecule has 0 amide bonds. The monoisotopic (exact) mass is 494 g/mol. The quantitative estimate of drug-likeness (QED) is 0.451. The maximum Gasteiger partial charge on any atom is 0.209 e. The first kappa shape index (κ1) is 27.6. The summed E-state index contributed by atoms with van der Waals surface area (Å²) in [5, 5.41) is 2.89. The van der Waals surface area contributed by atoms with Gasteiger partial charge in [0.25, 0.3) is 0 Å². The SMILES string of the molecule is B[C@@H]1[C@@H](OC[C@@H]2NCCC[C@@H]2NS(C)(=O)=O)C[C@H](B)[C@@](B)(c2cc(F)cc(F)c2OCC)[C@@H]1B. The maximum atomic E-state index is 14.7. The van der Waals surface area contributed by atoms with Crippen LogP contribution in [0.15, 0.2) is 12.1 Å². The van der Waals surface area contributed by atoms with Gasteiger partial charge in [0.1, 0.15) is 37.2 Å². The van der Waals surface area contributed by atoms with Crippen molar-refractivity contribution in [1.82, 2.24) is 10.0 Å². The zero-order chi connectivity index (χ0) is 25.3. The van der Waals surface area contributed by atoms with E-state index in [2.05, 4.69) is 41.4 Å². The van der Waals surface area contributed by atoms with Gasteiger partial charge in [-0.25, -0.2) is 21.9 Å². The smallest absolute Gasteiger partial charge is 0.209 e. The normalized spacial score (nSPS) is 34.6. The van der Waals surface area contributed by atoms with E-state index in [1.54, 1.807) is 6.92 Å². The zero-order valence-electron chi connectivity index (χ0n) is 21.2. The van der Waals surface area contributed by atoms with Crippen molar-refractivity contribution in [3.63, 3.8) is 0 Å². The molecule has 6 nitrogen and oxygen atoms in total. The molecule has 1 saturated heterocycles. The molecule has 3 rings (SSSR count). The highest BCUT2D eigenvalue weighted by Gasteiger charge is 2.49. The summed E-state index contributed by atoms with van der Waals surface area (Å²) >= 11 is 0. The number of piperidine rings is 1. The maximum absolute atomic E-state index is 14.7.